The van der Waals surface area contributed by atoms with Gasteiger partial charge in [-0.25, -0.2) is 13.1 Å². The minimum atomic E-state index is -3.78. The summed E-state index contributed by atoms with van der Waals surface area (Å²) < 4.78 is 33.7. The fourth-order valence-corrected chi connectivity index (χ4v) is 6.39. The number of hydrogen-bond acceptors (Lipinski definition) is 5. The van der Waals surface area contributed by atoms with Crippen LogP contribution in [0.15, 0.2) is 23.1 Å². The largest absolute Gasteiger partial charge is 0.495 e. The first-order chi connectivity index (χ1) is 14.9. The molecule has 170 valence electrons. The molecule has 2 saturated carbocycles. The van der Waals surface area contributed by atoms with E-state index in [9.17, 15) is 18.0 Å². The molecule has 7 nitrogen and oxygen atoms in total. The summed E-state index contributed by atoms with van der Waals surface area (Å²) in [6, 6.07) is 4.46. The average molecular weight is 449 g/mol. The van der Waals surface area contributed by atoms with E-state index in [4.69, 9.17) is 4.74 Å². The molecule has 3 aliphatic rings. The van der Waals surface area contributed by atoms with Gasteiger partial charge in [-0.05, 0) is 56.7 Å². The van der Waals surface area contributed by atoms with Crippen LogP contribution in [0, 0.1) is 5.92 Å². The lowest BCUT2D eigenvalue weighted by molar-refractivity contribution is -0.126. The molecule has 0 aromatic heterocycles. The molecule has 1 saturated heterocycles. The van der Waals surface area contributed by atoms with Gasteiger partial charge in [0.15, 0.2) is 0 Å². The summed E-state index contributed by atoms with van der Waals surface area (Å²) in [5.74, 6) is 0.187. The molecule has 2 aliphatic carbocycles. The number of carbonyl (C=O) groups excluding carboxylic acids is 2. The minimum absolute atomic E-state index is 0.00661. The van der Waals surface area contributed by atoms with Crippen LogP contribution >= 0.6 is 0 Å². The Balaban J connectivity index is 1.64. The van der Waals surface area contributed by atoms with Gasteiger partial charge in [-0.2, -0.15) is 0 Å². The predicted octanol–water partition coefficient (Wildman–Crippen LogP) is 3.28. The predicted molar refractivity (Wildman–Crippen MR) is 117 cm³/mol. The molecule has 2 atom stereocenters. The normalized spacial score (nSPS) is 25.2. The van der Waals surface area contributed by atoms with Gasteiger partial charge in [0.25, 0.3) is 5.91 Å². The lowest BCUT2D eigenvalue weighted by Gasteiger charge is -2.37. The Morgan fingerprint density at radius 2 is 1.84 bits per heavy atom. The van der Waals surface area contributed by atoms with Crippen LogP contribution in [0.5, 0.6) is 5.75 Å². The van der Waals surface area contributed by atoms with Gasteiger partial charge in [-0.1, -0.05) is 19.3 Å². The van der Waals surface area contributed by atoms with Crippen molar-refractivity contribution in [3.05, 3.63) is 23.8 Å². The molecular weight excluding hydrogens is 416 g/mol. The fourth-order valence-electron chi connectivity index (χ4n) is 4.89. The number of ketones is 1. The first-order valence-electron chi connectivity index (χ1n) is 11.4. The number of Topliss-reactive ketones (excluding diaryl/α,β-unsaturated/α-hetero) is 1. The van der Waals surface area contributed by atoms with E-state index in [1.165, 1.54) is 13.2 Å². The van der Waals surface area contributed by atoms with Crippen LogP contribution in [0.2, 0.25) is 0 Å². The van der Waals surface area contributed by atoms with Crippen molar-refractivity contribution < 1.29 is 22.7 Å². The number of rotatable bonds is 6. The van der Waals surface area contributed by atoms with E-state index in [1.807, 2.05) is 4.90 Å². The third-order valence-electron chi connectivity index (χ3n) is 6.73. The van der Waals surface area contributed by atoms with E-state index in [2.05, 4.69) is 4.72 Å². The summed E-state index contributed by atoms with van der Waals surface area (Å²) in [6.45, 7) is 0.599. The highest BCUT2D eigenvalue weighted by atomic mass is 32.2. The van der Waals surface area contributed by atoms with E-state index >= 15 is 0 Å². The number of benzene rings is 1. The van der Waals surface area contributed by atoms with E-state index < -0.39 is 10.0 Å². The maximum atomic E-state index is 13.6. The molecular formula is C23H32N2O5S. The summed E-state index contributed by atoms with van der Waals surface area (Å²) in [6.07, 6.45) is 8.80. The number of ether oxygens (including phenoxy) is 1. The van der Waals surface area contributed by atoms with Gasteiger partial charge >= 0.3 is 0 Å². The summed E-state index contributed by atoms with van der Waals surface area (Å²) in [5.41, 5.74) is 0.326. The number of likely N-dealkylation sites (tertiary alicyclic amines) is 1. The van der Waals surface area contributed by atoms with Gasteiger partial charge in [0, 0.05) is 36.5 Å². The molecule has 1 N–H and O–H groups in total. The zero-order valence-electron chi connectivity index (χ0n) is 18.1. The number of nitrogens with one attached hydrogen (secondary N) is 1. The lowest BCUT2D eigenvalue weighted by atomic mass is 9.80. The maximum absolute atomic E-state index is 13.6. The molecule has 0 bridgehead atoms. The quantitative estimate of drug-likeness (QED) is 0.721. The second-order valence-electron chi connectivity index (χ2n) is 9.00. The van der Waals surface area contributed by atoms with E-state index in [1.54, 1.807) is 12.1 Å². The Labute approximate surface area is 184 Å². The van der Waals surface area contributed by atoms with Crippen LogP contribution in [0.3, 0.4) is 0 Å². The molecule has 1 heterocycles. The molecule has 1 amide bonds. The Morgan fingerprint density at radius 3 is 2.55 bits per heavy atom. The molecule has 1 aliphatic heterocycles. The Morgan fingerprint density at radius 1 is 1.06 bits per heavy atom. The lowest BCUT2D eigenvalue weighted by Crippen LogP contribution is -2.47. The summed E-state index contributed by atoms with van der Waals surface area (Å²) in [5, 5.41) is 0. The first-order valence-corrected chi connectivity index (χ1v) is 12.9. The maximum Gasteiger partial charge on any atom is 0.254 e. The van der Waals surface area contributed by atoms with Crippen molar-refractivity contribution in [2.75, 3.05) is 13.7 Å². The summed E-state index contributed by atoms with van der Waals surface area (Å²) in [4.78, 5) is 28.1. The van der Waals surface area contributed by atoms with Crippen LogP contribution in [0.1, 0.15) is 74.6 Å². The second kappa shape index (κ2) is 9.28. The number of nitrogens with zero attached hydrogens (tertiary/aromatic N) is 1. The van der Waals surface area contributed by atoms with Crippen LogP contribution in [-0.2, 0) is 14.8 Å². The number of methoxy groups -OCH3 is 1. The van der Waals surface area contributed by atoms with Crippen LogP contribution in [0.4, 0.5) is 0 Å². The summed E-state index contributed by atoms with van der Waals surface area (Å²) in [7, 11) is -2.35. The van der Waals surface area contributed by atoms with Crippen molar-refractivity contribution >= 4 is 21.7 Å². The smallest absolute Gasteiger partial charge is 0.254 e. The second-order valence-corrected chi connectivity index (χ2v) is 10.7. The van der Waals surface area contributed by atoms with Gasteiger partial charge in [0.1, 0.15) is 16.4 Å². The van der Waals surface area contributed by atoms with Crippen molar-refractivity contribution in [3.63, 3.8) is 0 Å². The number of amides is 1. The topological polar surface area (TPSA) is 92.8 Å². The minimum Gasteiger partial charge on any atom is -0.495 e. The number of carbonyl (C=O) groups is 2. The molecule has 1 aromatic rings. The third kappa shape index (κ3) is 4.95. The van der Waals surface area contributed by atoms with E-state index in [0.29, 0.717) is 18.5 Å². The number of sulfonamides is 1. The third-order valence-corrected chi connectivity index (χ3v) is 8.27. The van der Waals surface area contributed by atoms with E-state index in [0.717, 1.165) is 57.8 Å². The molecule has 4 rings (SSSR count). The Bertz CT molecular complexity index is 941. The highest BCUT2D eigenvalue weighted by Gasteiger charge is 2.37. The molecule has 31 heavy (non-hydrogen) atoms. The van der Waals surface area contributed by atoms with Gasteiger partial charge in [0.2, 0.25) is 10.0 Å². The molecule has 8 heteroatoms. The van der Waals surface area contributed by atoms with Crippen molar-refractivity contribution in [1.29, 1.82) is 0 Å². The van der Waals surface area contributed by atoms with Crippen molar-refractivity contribution in [3.8, 4) is 5.75 Å². The monoisotopic (exact) mass is 448 g/mol. The molecule has 3 fully saturated rings. The van der Waals surface area contributed by atoms with Gasteiger partial charge in [-0.15, -0.1) is 0 Å². The highest BCUT2D eigenvalue weighted by molar-refractivity contribution is 7.89. The fraction of sp³-hybridized carbons (Fsp3) is 0.652. The molecule has 0 radical (unpaired) electrons. The van der Waals surface area contributed by atoms with Crippen LogP contribution in [0.25, 0.3) is 0 Å². The first kappa shape index (κ1) is 22.3. The average Bonchev–Trinajstić information content (AvgIpc) is 3.59. The zero-order chi connectivity index (χ0) is 22.0. The summed E-state index contributed by atoms with van der Waals surface area (Å²) >= 11 is 0. The number of hydrogen-bond donors (Lipinski definition) is 1. The Kier molecular flexibility index (Phi) is 6.67. The van der Waals surface area contributed by atoms with E-state index in [-0.39, 0.29) is 40.3 Å². The molecule has 0 spiro atoms. The standard InChI is InChI=1S/C23H32N2O5S/c1-30-21-13-10-16(15-22(21)31(28,29)24-17-11-12-17)23(27)25-14-6-2-3-8-19(25)18-7-4-5-9-20(18)26/h10,13,15,17-19,24H,2-9,11-12,14H2,1H3. The zero-order valence-corrected chi connectivity index (χ0v) is 19.0. The van der Waals surface area contributed by atoms with Crippen LogP contribution in [-0.4, -0.2) is 50.7 Å². The van der Waals surface area contributed by atoms with Gasteiger partial charge in [-0.3, -0.25) is 9.59 Å². The van der Waals surface area contributed by atoms with Gasteiger partial charge < -0.3 is 9.64 Å². The Hall–Kier alpha value is -1.93. The molecule has 2 unspecified atom stereocenters. The van der Waals surface area contributed by atoms with Crippen LogP contribution < -0.4 is 9.46 Å². The highest BCUT2D eigenvalue weighted by Crippen LogP contribution is 2.33. The van der Waals surface area contributed by atoms with Gasteiger partial charge in [0.05, 0.1) is 7.11 Å². The van der Waals surface area contributed by atoms with Crippen molar-refractivity contribution in [2.24, 2.45) is 5.92 Å². The SMILES string of the molecule is COc1ccc(C(=O)N2CCCCCC2C2CCCCC2=O)cc1S(=O)(=O)NC1CC1. The molecule has 1 aromatic carbocycles. The van der Waals surface area contributed by atoms with Crippen molar-refractivity contribution in [1.82, 2.24) is 9.62 Å². The van der Waals surface area contributed by atoms with Crippen molar-refractivity contribution in [2.45, 2.75) is 81.2 Å².